The maximum Gasteiger partial charge on any atom is 0.253 e. The lowest BCUT2D eigenvalue weighted by atomic mass is 10.0. The van der Waals surface area contributed by atoms with Gasteiger partial charge in [0.15, 0.2) is 6.10 Å². The Morgan fingerprint density at radius 3 is 3.00 bits per heavy atom. The number of nitrogens with zero attached hydrogens (tertiary/aromatic N) is 4. The van der Waals surface area contributed by atoms with Gasteiger partial charge in [0.1, 0.15) is 12.2 Å². The number of carbonyl (C=O) groups excluding carboxylic acids is 1. The zero-order chi connectivity index (χ0) is 21.3. The Bertz CT molecular complexity index is 978. The predicted octanol–water partition coefficient (Wildman–Crippen LogP) is 1.86. The van der Waals surface area contributed by atoms with E-state index in [2.05, 4.69) is 21.3 Å². The van der Waals surface area contributed by atoms with Crippen LogP contribution in [0.3, 0.4) is 0 Å². The van der Waals surface area contributed by atoms with Crippen LogP contribution >= 0.6 is 0 Å². The molecule has 1 aromatic heterocycles. The van der Waals surface area contributed by atoms with Crippen LogP contribution in [0.2, 0.25) is 0 Å². The minimum absolute atomic E-state index is 0.172. The summed E-state index contributed by atoms with van der Waals surface area (Å²) in [6.45, 7) is 3.98. The third kappa shape index (κ3) is 3.83. The summed E-state index contributed by atoms with van der Waals surface area (Å²) in [5.41, 5.74) is 2.07. The molecule has 8 heteroatoms. The van der Waals surface area contributed by atoms with Gasteiger partial charge in [0, 0.05) is 37.4 Å². The van der Waals surface area contributed by atoms with Gasteiger partial charge in [-0.05, 0) is 44.2 Å². The number of benzene rings is 1. The second kappa shape index (κ2) is 8.54. The average Bonchev–Trinajstić information content (AvgIpc) is 2.77. The number of hydrogen-bond donors (Lipinski definition) is 1. The van der Waals surface area contributed by atoms with Crippen LogP contribution in [0, 0.1) is 11.3 Å². The molecule has 1 aromatic carbocycles. The fraction of sp³-hybridized carbons (Fsp3) is 0.500. The molecule has 0 aliphatic carbocycles. The summed E-state index contributed by atoms with van der Waals surface area (Å²) >= 11 is 0. The number of carbonyl (C=O) groups is 1. The Labute approximate surface area is 175 Å². The van der Waals surface area contributed by atoms with Crippen molar-refractivity contribution in [3.05, 3.63) is 36.0 Å². The van der Waals surface area contributed by atoms with Crippen molar-refractivity contribution in [1.29, 1.82) is 5.26 Å². The number of nitrogens with one attached hydrogen (secondary N) is 1. The van der Waals surface area contributed by atoms with Gasteiger partial charge in [0.05, 0.1) is 29.8 Å². The van der Waals surface area contributed by atoms with E-state index >= 15 is 0 Å². The maximum atomic E-state index is 14.4. The molecule has 0 saturated carbocycles. The number of rotatable bonds is 3. The highest BCUT2D eigenvalue weighted by atomic mass is 19.1. The van der Waals surface area contributed by atoms with Gasteiger partial charge in [0.25, 0.3) is 5.91 Å². The van der Waals surface area contributed by atoms with Gasteiger partial charge in [0.2, 0.25) is 0 Å². The summed E-state index contributed by atoms with van der Waals surface area (Å²) in [6, 6.07) is 9.13. The molecule has 4 rings (SSSR count). The van der Waals surface area contributed by atoms with E-state index < -0.39 is 18.3 Å². The van der Waals surface area contributed by atoms with Crippen molar-refractivity contribution >= 4 is 22.5 Å². The van der Waals surface area contributed by atoms with Crippen molar-refractivity contribution in [2.75, 3.05) is 38.1 Å². The monoisotopic (exact) mass is 411 g/mol. The molecule has 2 aliphatic rings. The van der Waals surface area contributed by atoms with Crippen LogP contribution in [0.25, 0.3) is 10.9 Å². The molecule has 2 aliphatic heterocycles. The Morgan fingerprint density at radius 2 is 2.23 bits per heavy atom. The van der Waals surface area contributed by atoms with Crippen LogP contribution in [0.1, 0.15) is 18.9 Å². The number of alkyl halides is 1. The number of likely N-dealkylation sites (N-methyl/N-ethyl adjacent to an activating group) is 1. The molecule has 0 spiro atoms. The number of halogens is 1. The van der Waals surface area contributed by atoms with Crippen LogP contribution in [0.4, 0.5) is 10.1 Å². The van der Waals surface area contributed by atoms with E-state index in [1.807, 2.05) is 25.1 Å². The SMILES string of the molecule is C[C@@H]1CN(c2ccc(C#N)c3ncccc23)C[C@H](C(=O)N(C)[C@H]2CNCC[C@H]2F)O1. The molecule has 0 radical (unpaired) electrons. The molecule has 2 aromatic rings. The van der Waals surface area contributed by atoms with Gasteiger partial charge in [-0.15, -0.1) is 0 Å². The zero-order valence-electron chi connectivity index (χ0n) is 17.2. The van der Waals surface area contributed by atoms with Crippen LogP contribution in [-0.2, 0) is 9.53 Å². The Kier molecular flexibility index (Phi) is 5.84. The minimum atomic E-state index is -1.04. The summed E-state index contributed by atoms with van der Waals surface area (Å²) < 4.78 is 20.3. The summed E-state index contributed by atoms with van der Waals surface area (Å²) in [4.78, 5) is 21.1. The molecule has 2 fully saturated rings. The standard InChI is InChI=1S/C22H26FN5O2/c1-14-12-28(18-6-5-15(10-24)21-16(18)4-3-8-26-21)13-20(30-14)22(29)27(2)19-11-25-9-7-17(19)23/h3-6,8,14,17,19-20,25H,7,9,11-13H2,1-2H3/t14-,17-,19+,20-/m1/s1. The Hall–Kier alpha value is -2.76. The van der Waals surface area contributed by atoms with Crippen molar-refractivity contribution in [3.63, 3.8) is 0 Å². The first-order chi connectivity index (χ1) is 14.5. The molecule has 3 heterocycles. The van der Waals surface area contributed by atoms with E-state index in [9.17, 15) is 14.4 Å². The van der Waals surface area contributed by atoms with E-state index in [0.717, 1.165) is 11.1 Å². The quantitative estimate of drug-likeness (QED) is 0.830. The number of amides is 1. The fourth-order valence-electron chi connectivity index (χ4n) is 4.39. The van der Waals surface area contributed by atoms with Crippen LogP contribution in [-0.4, -0.2) is 73.4 Å². The molecule has 4 atom stereocenters. The van der Waals surface area contributed by atoms with Gasteiger partial charge >= 0.3 is 0 Å². The van der Waals surface area contributed by atoms with E-state index in [1.165, 1.54) is 4.90 Å². The predicted molar refractivity (Wildman–Crippen MR) is 112 cm³/mol. The topological polar surface area (TPSA) is 81.5 Å². The highest BCUT2D eigenvalue weighted by molar-refractivity contribution is 5.95. The zero-order valence-corrected chi connectivity index (χ0v) is 17.2. The molecule has 0 unspecified atom stereocenters. The van der Waals surface area contributed by atoms with E-state index in [0.29, 0.717) is 43.7 Å². The Balaban J connectivity index is 1.59. The van der Waals surface area contributed by atoms with Crippen molar-refractivity contribution in [3.8, 4) is 6.07 Å². The highest BCUT2D eigenvalue weighted by Gasteiger charge is 2.37. The van der Waals surface area contributed by atoms with Crippen LogP contribution < -0.4 is 10.2 Å². The van der Waals surface area contributed by atoms with Crippen molar-refractivity contribution < 1.29 is 13.9 Å². The average molecular weight is 411 g/mol. The molecule has 30 heavy (non-hydrogen) atoms. The van der Waals surface area contributed by atoms with Gasteiger partial charge in [-0.3, -0.25) is 9.78 Å². The number of hydrogen-bond acceptors (Lipinski definition) is 6. The fourth-order valence-corrected chi connectivity index (χ4v) is 4.39. The van der Waals surface area contributed by atoms with Gasteiger partial charge in [-0.1, -0.05) is 0 Å². The molecule has 0 bridgehead atoms. The van der Waals surface area contributed by atoms with Crippen LogP contribution in [0.15, 0.2) is 30.5 Å². The lowest BCUT2D eigenvalue weighted by Crippen LogP contribution is -2.59. The summed E-state index contributed by atoms with van der Waals surface area (Å²) in [5.74, 6) is -0.209. The number of fused-ring (bicyclic) bond motifs is 1. The highest BCUT2D eigenvalue weighted by Crippen LogP contribution is 2.30. The first-order valence-corrected chi connectivity index (χ1v) is 10.3. The lowest BCUT2D eigenvalue weighted by Gasteiger charge is -2.41. The lowest BCUT2D eigenvalue weighted by molar-refractivity contribution is -0.150. The minimum Gasteiger partial charge on any atom is -0.365 e. The van der Waals surface area contributed by atoms with Crippen molar-refractivity contribution in [2.45, 2.75) is 37.8 Å². The second-order valence-electron chi connectivity index (χ2n) is 8.01. The number of anilines is 1. The molecule has 1 N–H and O–H groups in total. The number of piperidine rings is 1. The first-order valence-electron chi connectivity index (χ1n) is 10.3. The first kappa shape index (κ1) is 20.5. The second-order valence-corrected chi connectivity index (χ2v) is 8.01. The van der Waals surface area contributed by atoms with E-state index in [-0.39, 0.29) is 12.0 Å². The van der Waals surface area contributed by atoms with Crippen molar-refractivity contribution in [2.24, 2.45) is 0 Å². The molecule has 7 nitrogen and oxygen atoms in total. The van der Waals surface area contributed by atoms with E-state index in [4.69, 9.17) is 4.74 Å². The molecule has 1 amide bonds. The number of aromatic nitrogens is 1. The number of ether oxygens (including phenoxy) is 1. The van der Waals surface area contributed by atoms with Crippen molar-refractivity contribution in [1.82, 2.24) is 15.2 Å². The normalized spacial score (nSPS) is 26.9. The van der Waals surface area contributed by atoms with Crippen LogP contribution in [0.5, 0.6) is 0 Å². The van der Waals surface area contributed by atoms with Gasteiger partial charge < -0.3 is 19.9 Å². The summed E-state index contributed by atoms with van der Waals surface area (Å²) in [7, 11) is 1.65. The summed E-state index contributed by atoms with van der Waals surface area (Å²) in [5, 5.41) is 13.4. The molecular weight excluding hydrogens is 385 g/mol. The van der Waals surface area contributed by atoms with E-state index in [1.54, 1.807) is 19.3 Å². The molecular formula is C22H26FN5O2. The Morgan fingerprint density at radius 1 is 1.40 bits per heavy atom. The van der Waals surface area contributed by atoms with Gasteiger partial charge in [-0.25, -0.2) is 4.39 Å². The number of morpholine rings is 1. The third-order valence-electron chi connectivity index (χ3n) is 5.96. The molecule has 2 saturated heterocycles. The molecule has 158 valence electrons. The third-order valence-corrected chi connectivity index (χ3v) is 5.96. The van der Waals surface area contributed by atoms with Gasteiger partial charge in [-0.2, -0.15) is 5.26 Å². The summed E-state index contributed by atoms with van der Waals surface area (Å²) in [6.07, 6.45) is 0.178. The smallest absolute Gasteiger partial charge is 0.253 e. The maximum absolute atomic E-state index is 14.4. The number of pyridine rings is 1. The largest absolute Gasteiger partial charge is 0.365 e. The number of nitriles is 1.